The van der Waals surface area contributed by atoms with E-state index in [0.29, 0.717) is 30.2 Å². The summed E-state index contributed by atoms with van der Waals surface area (Å²) >= 11 is 0. The molecule has 2 heterocycles. The smallest absolute Gasteiger partial charge is 0.254 e. The molecule has 0 N–H and O–H groups in total. The lowest BCUT2D eigenvalue weighted by Gasteiger charge is -2.38. The zero-order valence-electron chi connectivity index (χ0n) is 21.2. The van der Waals surface area contributed by atoms with E-state index in [1.807, 2.05) is 78.0 Å². The van der Waals surface area contributed by atoms with Crippen molar-refractivity contribution in [3.63, 3.8) is 0 Å². The topological polar surface area (TPSA) is 56.6 Å². The first kappa shape index (κ1) is 23.7. The molecule has 1 atom stereocenters. The van der Waals surface area contributed by atoms with Gasteiger partial charge in [0.05, 0.1) is 32.5 Å². The van der Waals surface area contributed by atoms with E-state index in [1.165, 1.54) is 5.56 Å². The Morgan fingerprint density at radius 3 is 2.39 bits per heavy atom. The molecule has 1 amide bonds. The summed E-state index contributed by atoms with van der Waals surface area (Å²) in [5.41, 5.74) is 7.12. The molecule has 0 aliphatic carbocycles. The van der Waals surface area contributed by atoms with Gasteiger partial charge in [-0.15, -0.1) is 0 Å². The molecule has 36 heavy (non-hydrogen) atoms. The number of carbonyl (C=O) groups is 1. The fourth-order valence-electron chi connectivity index (χ4n) is 5.14. The number of benzene rings is 3. The van der Waals surface area contributed by atoms with Crippen molar-refractivity contribution in [1.29, 1.82) is 0 Å². The summed E-state index contributed by atoms with van der Waals surface area (Å²) in [6, 6.07) is 24.0. The standard InChI is InChI=1S/C30H31N3O3/c1-20-15-21(2)33(31-20)19-22-9-8-12-25(16-22)30(34)32-14-13-24-17-27(35-3)28(36-4)18-26(24)29(32)23-10-6-5-7-11-23/h5-12,15-18,29H,13-14,19H2,1-4H3. The minimum absolute atomic E-state index is 0.0134. The second kappa shape index (κ2) is 9.90. The summed E-state index contributed by atoms with van der Waals surface area (Å²) in [6.07, 6.45) is 0.746. The van der Waals surface area contributed by atoms with Crippen LogP contribution in [0.3, 0.4) is 0 Å². The van der Waals surface area contributed by atoms with Crippen molar-refractivity contribution in [2.75, 3.05) is 20.8 Å². The van der Waals surface area contributed by atoms with Crippen LogP contribution in [0.15, 0.2) is 72.8 Å². The molecule has 0 radical (unpaired) electrons. The zero-order valence-corrected chi connectivity index (χ0v) is 21.2. The van der Waals surface area contributed by atoms with Crippen LogP contribution in [0.4, 0.5) is 0 Å². The average molecular weight is 482 g/mol. The molecule has 1 aromatic heterocycles. The summed E-state index contributed by atoms with van der Waals surface area (Å²) < 4.78 is 13.1. The lowest BCUT2D eigenvalue weighted by atomic mass is 9.87. The largest absolute Gasteiger partial charge is 0.493 e. The molecule has 0 fully saturated rings. The maximum Gasteiger partial charge on any atom is 0.254 e. The minimum Gasteiger partial charge on any atom is -0.493 e. The minimum atomic E-state index is -0.220. The van der Waals surface area contributed by atoms with Gasteiger partial charge < -0.3 is 14.4 Å². The molecule has 1 aliphatic heterocycles. The molecule has 3 aromatic carbocycles. The molecule has 0 spiro atoms. The highest BCUT2D eigenvalue weighted by molar-refractivity contribution is 5.95. The summed E-state index contributed by atoms with van der Waals surface area (Å²) in [4.78, 5) is 16.0. The number of aryl methyl sites for hydroxylation is 2. The second-order valence-electron chi connectivity index (χ2n) is 9.25. The Hall–Kier alpha value is -4.06. The Bertz CT molecular complexity index is 1390. The first-order valence-electron chi connectivity index (χ1n) is 12.2. The Balaban J connectivity index is 1.52. The number of fused-ring (bicyclic) bond motifs is 1. The van der Waals surface area contributed by atoms with Crippen LogP contribution in [0.5, 0.6) is 11.5 Å². The van der Waals surface area contributed by atoms with Crippen molar-refractivity contribution >= 4 is 5.91 Å². The number of ether oxygens (including phenoxy) is 2. The lowest BCUT2D eigenvalue weighted by Crippen LogP contribution is -2.40. The monoisotopic (exact) mass is 481 g/mol. The van der Waals surface area contributed by atoms with Gasteiger partial charge in [-0.25, -0.2) is 0 Å². The van der Waals surface area contributed by atoms with Crippen LogP contribution in [-0.4, -0.2) is 41.4 Å². The van der Waals surface area contributed by atoms with Gasteiger partial charge in [0.1, 0.15) is 0 Å². The number of nitrogens with zero attached hydrogens (tertiary/aromatic N) is 3. The van der Waals surface area contributed by atoms with Crippen LogP contribution in [0.1, 0.15) is 50.0 Å². The number of rotatable bonds is 6. The number of carbonyl (C=O) groups excluding carboxylic acids is 1. The van der Waals surface area contributed by atoms with Gasteiger partial charge >= 0.3 is 0 Å². The first-order valence-corrected chi connectivity index (χ1v) is 12.2. The predicted molar refractivity (Wildman–Crippen MR) is 140 cm³/mol. The van der Waals surface area contributed by atoms with E-state index < -0.39 is 0 Å². The third-order valence-corrected chi connectivity index (χ3v) is 6.86. The average Bonchev–Trinajstić information content (AvgIpc) is 3.23. The van der Waals surface area contributed by atoms with Crippen LogP contribution in [0.25, 0.3) is 0 Å². The molecule has 0 bridgehead atoms. The van der Waals surface area contributed by atoms with Crippen molar-refractivity contribution in [2.24, 2.45) is 0 Å². The van der Waals surface area contributed by atoms with E-state index in [9.17, 15) is 4.79 Å². The molecular weight excluding hydrogens is 450 g/mol. The molecule has 184 valence electrons. The molecule has 1 aliphatic rings. The Morgan fingerprint density at radius 2 is 1.69 bits per heavy atom. The van der Waals surface area contributed by atoms with Crippen molar-refractivity contribution in [1.82, 2.24) is 14.7 Å². The number of aromatic nitrogens is 2. The van der Waals surface area contributed by atoms with Gasteiger partial charge in [-0.05, 0) is 72.9 Å². The zero-order chi connectivity index (χ0) is 25.2. The normalized spacial score (nSPS) is 14.9. The van der Waals surface area contributed by atoms with Gasteiger partial charge in [0.2, 0.25) is 0 Å². The van der Waals surface area contributed by atoms with Gasteiger partial charge in [-0.3, -0.25) is 9.48 Å². The van der Waals surface area contributed by atoms with E-state index in [2.05, 4.69) is 23.3 Å². The molecule has 6 nitrogen and oxygen atoms in total. The quantitative estimate of drug-likeness (QED) is 0.372. The van der Waals surface area contributed by atoms with E-state index in [4.69, 9.17) is 9.47 Å². The third-order valence-electron chi connectivity index (χ3n) is 6.86. The van der Waals surface area contributed by atoms with Crippen LogP contribution < -0.4 is 9.47 Å². The maximum atomic E-state index is 14.0. The summed E-state index contributed by atoms with van der Waals surface area (Å²) in [5, 5.41) is 4.58. The van der Waals surface area contributed by atoms with Gasteiger partial charge in [-0.1, -0.05) is 42.5 Å². The second-order valence-corrected chi connectivity index (χ2v) is 9.25. The van der Waals surface area contributed by atoms with E-state index in [1.54, 1.807) is 14.2 Å². The molecule has 6 heteroatoms. The highest BCUT2D eigenvalue weighted by Gasteiger charge is 2.33. The Morgan fingerprint density at radius 1 is 0.944 bits per heavy atom. The maximum absolute atomic E-state index is 14.0. The van der Waals surface area contributed by atoms with Crippen molar-refractivity contribution < 1.29 is 14.3 Å². The fraction of sp³-hybridized carbons (Fsp3) is 0.267. The van der Waals surface area contributed by atoms with Crippen LogP contribution in [0.2, 0.25) is 0 Å². The number of hydrogen-bond acceptors (Lipinski definition) is 4. The summed E-state index contributed by atoms with van der Waals surface area (Å²) in [6.45, 7) is 5.28. The molecule has 1 unspecified atom stereocenters. The van der Waals surface area contributed by atoms with Crippen molar-refractivity contribution in [2.45, 2.75) is 32.9 Å². The fourth-order valence-corrected chi connectivity index (χ4v) is 5.14. The molecule has 0 saturated heterocycles. The van der Waals surface area contributed by atoms with E-state index >= 15 is 0 Å². The third kappa shape index (κ3) is 4.47. The van der Waals surface area contributed by atoms with Gasteiger partial charge in [0, 0.05) is 17.8 Å². The first-order chi connectivity index (χ1) is 17.5. The highest BCUT2D eigenvalue weighted by atomic mass is 16.5. The molecule has 5 rings (SSSR count). The van der Waals surface area contributed by atoms with E-state index in [0.717, 1.165) is 34.5 Å². The highest BCUT2D eigenvalue weighted by Crippen LogP contribution is 2.41. The van der Waals surface area contributed by atoms with Crippen LogP contribution >= 0.6 is 0 Å². The number of methoxy groups -OCH3 is 2. The number of amides is 1. The van der Waals surface area contributed by atoms with E-state index in [-0.39, 0.29) is 11.9 Å². The lowest BCUT2D eigenvalue weighted by molar-refractivity contribution is 0.0694. The van der Waals surface area contributed by atoms with Crippen molar-refractivity contribution in [3.05, 3.63) is 112 Å². The summed E-state index contributed by atoms with van der Waals surface area (Å²) in [7, 11) is 3.29. The molecular formula is C30H31N3O3. The van der Waals surface area contributed by atoms with Gasteiger partial charge in [0.25, 0.3) is 5.91 Å². The Kier molecular flexibility index (Phi) is 6.51. The van der Waals surface area contributed by atoms with Gasteiger partial charge in [0.15, 0.2) is 11.5 Å². The Labute approximate surface area is 212 Å². The van der Waals surface area contributed by atoms with Crippen molar-refractivity contribution in [3.8, 4) is 11.5 Å². The number of hydrogen-bond donors (Lipinski definition) is 0. The molecule has 4 aromatic rings. The van der Waals surface area contributed by atoms with Gasteiger partial charge in [-0.2, -0.15) is 5.10 Å². The van der Waals surface area contributed by atoms with Crippen LogP contribution in [-0.2, 0) is 13.0 Å². The summed E-state index contributed by atoms with van der Waals surface area (Å²) in [5.74, 6) is 1.39. The SMILES string of the molecule is COc1cc2c(cc1OC)C(c1ccccc1)N(C(=O)c1cccc(Cn3nc(C)cc3C)c1)CC2. The van der Waals surface area contributed by atoms with Crippen LogP contribution in [0, 0.1) is 13.8 Å². The molecule has 0 saturated carbocycles. The predicted octanol–water partition coefficient (Wildman–Crippen LogP) is 5.35.